The number of aliphatic hydroxyl groups excluding tert-OH is 1. The molecule has 0 rings (SSSR count). The molecule has 1 atom stereocenters. The summed E-state index contributed by atoms with van der Waals surface area (Å²) < 4.78 is 16.5. The van der Waals surface area contributed by atoms with Crippen molar-refractivity contribution < 1.29 is 19.3 Å². The fourth-order valence-electron chi connectivity index (χ4n) is 1.07. The third-order valence-electron chi connectivity index (χ3n) is 1.80. The molecule has 0 saturated heterocycles. The molecule has 0 radical (unpaired) electrons. The molecule has 1 unspecified atom stereocenters. The molecule has 0 bridgehead atoms. The molecule has 0 amide bonds. The summed E-state index contributed by atoms with van der Waals surface area (Å²) in [5.74, 6) is 0. The van der Waals surface area contributed by atoms with E-state index in [1.807, 2.05) is 20.8 Å². The Kier molecular flexibility index (Phi) is 8.84. The molecule has 0 aliphatic rings. The lowest BCUT2D eigenvalue weighted by Gasteiger charge is -2.24. The summed E-state index contributed by atoms with van der Waals surface area (Å²) >= 11 is 0. The summed E-state index contributed by atoms with van der Waals surface area (Å²) in [6.45, 7) is 10.2. The predicted molar refractivity (Wildman–Crippen MR) is 63.6 cm³/mol. The van der Waals surface area contributed by atoms with E-state index < -0.39 is 0 Å². The Morgan fingerprint density at radius 1 is 1.12 bits per heavy atom. The van der Waals surface area contributed by atoms with Crippen molar-refractivity contribution >= 4 is 0 Å². The van der Waals surface area contributed by atoms with E-state index in [0.29, 0.717) is 19.8 Å². The summed E-state index contributed by atoms with van der Waals surface area (Å²) in [5.41, 5.74) is -0.175. The minimum Gasteiger partial charge on any atom is -0.394 e. The van der Waals surface area contributed by atoms with E-state index in [4.69, 9.17) is 19.3 Å². The van der Waals surface area contributed by atoms with Gasteiger partial charge in [0.15, 0.2) is 0 Å². The van der Waals surface area contributed by atoms with Gasteiger partial charge in [-0.2, -0.15) is 0 Å². The highest BCUT2D eigenvalue weighted by Crippen LogP contribution is 2.08. The molecule has 0 aromatic heterocycles. The smallest absolute Gasteiger partial charge is 0.104 e. The van der Waals surface area contributed by atoms with Crippen LogP contribution in [0.5, 0.6) is 0 Å². The lowest BCUT2D eigenvalue weighted by molar-refractivity contribution is -0.101. The highest BCUT2D eigenvalue weighted by Gasteiger charge is 2.16. The molecule has 4 heteroatoms. The van der Waals surface area contributed by atoms with Gasteiger partial charge in [0.05, 0.1) is 32.0 Å². The molecule has 0 aromatic carbocycles. The second-order valence-electron chi connectivity index (χ2n) is 4.71. The maximum absolute atomic E-state index is 8.71. The number of aliphatic hydroxyl groups is 1. The molecular formula is C12H26O4. The van der Waals surface area contributed by atoms with Crippen molar-refractivity contribution in [1.82, 2.24) is 0 Å². The van der Waals surface area contributed by atoms with Crippen LogP contribution >= 0.6 is 0 Å². The van der Waals surface area contributed by atoms with Crippen molar-refractivity contribution in [2.75, 3.05) is 33.0 Å². The molecule has 16 heavy (non-hydrogen) atoms. The Hall–Kier alpha value is -0.160. The Balaban J connectivity index is 3.80. The van der Waals surface area contributed by atoms with Crippen LogP contribution in [0.1, 0.15) is 34.1 Å². The topological polar surface area (TPSA) is 47.9 Å². The standard InChI is InChI=1S/C12H26O4/c1-5-7-14-9-11(15-8-6-13)10-16-12(2,3)4/h11,13H,5-10H2,1-4H3. The zero-order valence-corrected chi connectivity index (χ0v) is 11.0. The quantitative estimate of drug-likeness (QED) is 0.616. The first-order valence-corrected chi connectivity index (χ1v) is 5.93. The van der Waals surface area contributed by atoms with Gasteiger partial charge in [0.25, 0.3) is 0 Å². The van der Waals surface area contributed by atoms with Gasteiger partial charge in [0.1, 0.15) is 6.10 Å². The lowest BCUT2D eigenvalue weighted by atomic mass is 10.2. The van der Waals surface area contributed by atoms with Crippen LogP contribution in [0.2, 0.25) is 0 Å². The monoisotopic (exact) mass is 234 g/mol. The zero-order valence-electron chi connectivity index (χ0n) is 11.0. The summed E-state index contributed by atoms with van der Waals surface area (Å²) in [5, 5.41) is 8.71. The normalized spacial score (nSPS) is 14.1. The molecule has 4 nitrogen and oxygen atoms in total. The first-order chi connectivity index (χ1) is 7.49. The molecule has 0 spiro atoms. The average Bonchev–Trinajstić information content (AvgIpc) is 2.20. The molecule has 98 valence electrons. The summed E-state index contributed by atoms with van der Waals surface area (Å²) in [6, 6.07) is 0. The molecule has 0 fully saturated rings. The van der Waals surface area contributed by atoms with Crippen LogP contribution in [0.15, 0.2) is 0 Å². The van der Waals surface area contributed by atoms with Crippen LogP contribution in [0.25, 0.3) is 0 Å². The minimum absolute atomic E-state index is 0.0276. The van der Waals surface area contributed by atoms with Gasteiger partial charge in [-0.25, -0.2) is 0 Å². The number of hydrogen-bond acceptors (Lipinski definition) is 4. The van der Waals surface area contributed by atoms with Gasteiger partial charge in [-0.05, 0) is 27.2 Å². The van der Waals surface area contributed by atoms with Gasteiger partial charge in [-0.3, -0.25) is 0 Å². The second-order valence-corrected chi connectivity index (χ2v) is 4.71. The van der Waals surface area contributed by atoms with Gasteiger partial charge in [-0.1, -0.05) is 6.92 Å². The molecule has 0 saturated carbocycles. The maximum atomic E-state index is 8.71. The van der Waals surface area contributed by atoms with Crippen LogP contribution in [0.4, 0.5) is 0 Å². The van der Waals surface area contributed by atoms with Crippen LogP contribution in [0, 0.1) is 0 Å². The van der Waals surface area contributed by atoms with E-state index in [1.165, 1.54) is 0 Å². The molecule has 0 aliphatic carbocycles. The summed E-state index contributed by atoms with van der Waals surface area (Å²) in [7, 11) is 0. The maximum Gasteiger partial charge on any atom is 0.104 e. The van der Waals surface area contributed by atoms with E-state index in [1.54, 1.807) is 0 Å². The van der Waals surface area contributed by atoms with Gasteiger partial charge >= 0.3 is 0 Å². The Bertz CT molecular complexity index is 154. The van der Waals surface area contributed by atoms with E-state index >= 15 is 0 Å². The summed E-state index contributed by atoms with van der Waals surface area (Å²) in [4.78, 5) is 0. The fraction of sp³-hybridized carbons (Fsp3) is 1.00. The van der Waals surface area contributed by atoms with E-state index in [-0.39, 0.29) is 18.3 Å². The molecular weight excluding hydrogens is 208 g/mol. The van der Waals surface area contributed by atoms with Crippen molar-refractivity contribution in [3.63, 3.8) is 0 Å². The van der Waals surface area contributed by atoms with Crippen molar-refractivity contribution in [3.05, 3.63) is 0 Å². The summed E-state index contributed by atoms with van der Waals surface area (Å²) in [6.07, 6.45) is 0.894. The fourth-order valence-corrected chi connectivity index (χ4v) is 1.07. The predicted octanol–water partition coefficient (Wildman–Crippen LogP) is 1.61. The molecule has 0 aromatic rings. The Labute approximate surface area is 98.9 Å². The van der Waals surface area contributed by atoms with Gasteiger partial charge in [-0.15, -0.1) is 0 Å². The largest absolute Gasteiger partial charge is 0.394 e. The highest BCUT2D eigenvalue weighted by atomic mass is 16.6. The van der Waals surface area contributed by atoms with Crippen LogP contribution in [-0.4, -0.2) is 49.8 Å². The first-order valence-electron chi connectivity index (χ1n) is 5.93. The van der Waals surface area contributed by atoms with Crippen LogP contribution < -0.4 is 0 Å². The van der Waals surface area contributed by atoms with Gasteiger partial charge in [0.2, 0.25) is 0 Å². The van der Waals surface area contributed by atoms with Crippen molar-refractivity contribution in [3.8, 4) is 0 Å². The van der Waals surface area contributed by atoms with E-state index in [2.05, 4.69) is 6.92 Å². The third-order valence-corrected chi connectivity index (χ3v) is 1.80. The molecule has 1 N–H and O–H groups in total. The lowest BCUT2D eigenvalue weighted by Crippen LogP contribution is -2.32. The van der Waals surface area contributed by atoms with Crippen LogP contribution in [-0.2, 0) is 14.2 Å². The van der Waals surface area contributed by atoms with Crippen molar-refractivity contribution in [2.45, 2.75) is 45.8 Å². The van der Waals surface area contributed by atoms with Crippen molar-refractivity contribution in [1.29, 1.82) is 0 Å². The van der Waals surface area contributed by atoms with Gasteiger partial charge < -0.3 is 19.3 Å². The number of rotatable bonds is 9. The first kappa shape index (κ1) is 15.8. The number of ether oxygens (including phenoxy) is 3. The molecule has 0 heterocycles. The molecule has 0 aliphatic heterocycles. The average molecular weight is 234 g/mol. The number of hydrogen-bond donors (Lipinski definition) is 1. The third kappa shape index (κ3) is 10.4. The van der Waals surface area contributed by atoms with Crippen LogP contribution in [0.3, 0.4) is 0 Å². The Morgan fingerprint density at radius 2 is 1.81 bits per heavy atom. The Morgan fingerprint density at radius 3 is 2.31 bits per heavy atom. The minimum atomic E-state index is -0.175. The second kappa shape index (κ2) is 8.93. The van der Waals surface area contributed by atoms with Gasteiger partial charge in [0, 0.05) is 6.61 Å². The SMILES string of the molecule is CCCOCC(COC(C)(C)C)OCCO. The van der Waals surface area contributed by atoms with E-state index in [0.717, 1.165) is 13.0 Å². The zero-order chi connectivity index (χ0) is 12.4. The van der Waals surface area contributed by atoms with Crippen molar-refractivity contribution in [2.24, 2.45) is 0 Å². The highest BCUT2D eigenvalue weighted by molar-refractivity contribution is 4.63. The van der Waals surface area contributed by atoms with E-state index in [9.17, 15) is 0 Å².